The van der Waals surface area contributed by atoms with Crippen LogP contribution in [-0.2, 0) is 27.8 Å². The molecule has 1 unspecified atom stereocenters. The smallest absolute Gasteiger partial charge is 0.309 e. The summed E-state index contributed by atoms with van der Waals surface area (Å²) < 4.78 is 19.9. The highest BCUT2D eigenvalue weighted by atomic mass is 32.2. The zero-order valence-electron chi connectivity index (χ0n) is 20.9. The maximum absolute atomic E-state index is 13.4. The molecule has 0 radical (unpaired) electrons. The van der Waals surface area contributed by atoms with Gasteiger partial charge in [0, 0.05) is 37.8 Å². The summed E-state index contributed by atoms with van der Waals surface area (Å²) in [5.74, 6) is -0.647. The van der Waals surface area contributed by atoms with Crippen LogP contribution in [0.4, 0.5) is 4.39 Å². The molecule has 0 spiro atoms. The molecule has 1 aliphatic heterocycles. The molecule has 0 aliphatic carbocycles. The second-order valence-electron chi connectivity index (χ2n) is 8.87. The molecule has 1 amide bonds. The number of aromatic nitrogens is 2. The Morgan fingerprint density at radius 2 is 1.86 bits per heavy atom. The molecule has 1 fully saturated rings. The van der Waals surface area contributed by atoms with Crippen LogP contribution >= 0.6 is 11.8 Å². The molecule has 0 bridgehead atoms. The lowest BCUT2D eigenvalue weighted by Gasteiger charge is -2.33. The highest BCUT2D eigenvalue weighted by Crippen LogP contribution is 2.28. The van der Waals surface area contributed by atoms with E-state index in [4.69, 9.17) is 4.74 Å². The summed E-state index contributed by atoms with van der Waals surface area (Å²) in [7, 11) is 1.67. The molecule has 1 atom stereocenters. The fourth-order valence-corrected chi connectivity index (χ4v) is 5.56. The van der Waals surface area contributed by atoms with E-state index >= 15 is 0 Å². The van der Waals surface area contributed by atoms with Crippen molar-refractivity contribution in [1.82, 2.24) is 14.5 Å². The van der Waals surface area contributed by atoms with Gasteiger partial charge in [0.25, 0.3) is 5.56 Å². The van der Waals surface area contributed by atoms with Crippen molar-refractivity contribution in [2.75, 3.05) is 19.7 Å². The molecular formula is C26H34FN3O4S. The quantitative estimate of drug-likeness (QED) is 0.294. The van der Waals surface area contributed by atoms with E-state index < -0.39 is 0 Å². The Bertz CT molecular complexity index is 1100. The molecule has 1 aromatic heterocycles. The normalized spacial score (nSPS) is 15.2. The number of benzene rings is 1. The minimum Gasteiger partial charge on any atom is -0.466 e. The van der Waals surface area contributed by atoms with Crippen LogP contribution in [0.3, 0.4) is 0 Å². The zero-order valence-corrected chi connectivity index (χ0v) is 21.7. The Balaban J connectivity index is 1.74. The predicted octanol–water partition coefficient (Wildman–Crippen LogP) is 3.88. The number of esters is 1. The number of amides is 1. The third kappa shape index (κ3) is 6.72. The van der Waals surface area contributed by atoms with Crippen LogP contribution in [0.5, 0.6) is 0 Å². The van der Waals surface area contributed by atoms with Crippen LogP contribution in [0.2, 0.25) is 0 Å². The van der Waals surface area contributed by atoms with Crippen LogP contribution in [0, 0.1) is 18.7 Å². The summed E-state index contributed by atoms with van der Waals surface area (Å²) in [6.07, 6.45) is 3.04. The minimum absolute atomic E-state index is 0.0152. The number of nitrogens with zero attached hydrogens (tertiary/aromatic N) is 3. The van der Waals surface area contributed by atoms with Gasteiger partial charge >= 0.3 is 5.97 Å². The summed E-state index contributed by atoms with van der Waals surface area (Å²) >= 11 is 1.32. The van der Waals surface area contributed by atoms with E-state index in [-0.39, 0.29) is 34.4 Å². The van der Waals surface area contributed by atoms with Gasteiger partial charge in [0.05, 0.1) is 17.8 Å². The van der Waals surface area contributed by atoms with Gasteiger partial charge in [-0.15, -0.1) is 0 Å². The van der Waals surface area contributed by atoms with Crippen molar-refractivity contribution in [2.24, 2.45) is 13.0 Å². The second kappa shape index (κ2) is 12.3. The first kappa shape index (κ1) is 26.9. The van der Waals surface area contributed by atoms with E-state index in [0.717, 1.165) is 12.0 Å². The molecule has 1 aromatic carbocycles. The molecule has 0 N–H and O–H groups in total. The first-order valence-electron chi connectivity index (χ1n) is 12.2. The third-order valence-corrected chi connectivity index (χ3v) is 7.64. The van der Waals surface area contributed by atoms with E-state index in [1.54, 1.807) is 33.0 Å². The van der Waals surface area contributed by atoms with Crippen molar-refractivity contribution in [1.29, 1.82) is 0 Å². The number of aryl methyl sites for hydroxylation is 1. The summed E-state index contributed by atoms with van der Waals surface area (Å²) in [6, 6.07) is 6.09. The number of likely N-dealkylation sites (tertiary alicyclic amines) is 1. The van der Waals surface area contributed by atoms with E-state index in [1.807, 2.05) is 11.8 Å². The standard InChI is InChI=1S/C26H34FN3O4S/c1-5-7-22(24(32)30-14-12-19(13-15-30)25(33)34-6-2)35-26-28-17(3)21(23(31)29(26)4)16-18-8-10-20(27)11-9-18/h8-11,19,22H,5-7,12-16H2,1-4H3. The summed E-state index contributed by atoms with van der Waals surface area (Å²) in [5, 5.41) is 0.142. The number of halogens is 1. The zero-order chi connectivity index (χ0) is 25.5. The van der Waals surface area contributed by atoms with Crippen LogP contribution in [0.15, 0.2) is 34.2 Å². The first-order chi connectivity index (χ1) is 16.7. The van der Waals surface area contributed by atoms with Crippen molar-refractivity contribution in [3.8, 4) is 0 Å². The number of rotatable bonds is 9. The topological polar surface area (TPSA) is 81.5 Å². The molecule has 35 heavy (non-hydrogen) atoms. The monoisotopic (exact) mass is 503 g/mol. The van der Waals surface area contributed by atoms with Gasteiger partial charge in [0.15, 0.2) is 5.16 Å². The molecule has 2 aromatic rings. The fraction of sp³-hybridized carbons (Fsp3) is 0.538. The van der Waals surface area contributed by atoms with Crippen molar-refractivity contribution >= 4 is 23.6 Å². The third-order valence-electron chi connectivity index (χ3n) is 6.34. The lowest BCUT2D eigenvalue weighted by Crippen LogP contribution is -2.44. The first-order valence-corrected chi connectivity index (χ1v) is 13.1. The molecule has 0 saturated carbocycles. The van der Waals surface area contributed by atoms with Gasteiger partial charge in [-0.2, -0.15) is 0 Å². The number of carbonyl (C=O) groups is 2. The Hall–Kier alpha value is -2.68. The molecule has 3 rings (SSSR count). The lowest BCUT2D eigenvalue weighted by atomic mass is 9.96. The Morgan fingerprint density at radius 3 is 2.46 bits per heavy atom. The highest BCUT2D eigenvalue weighted by Gasteiger charge is 2.32. The van der Waals surface area contributed by atoms with Crippen molar-refractivity contribution in [3.63, 3.8) is 0 Å². The molecule has 2 heterocycles. The van der Waals surface area contributed by atoms with Gasteiger partial charge in [-0.1, -0.05) is 37.2 Å². The van der Waals surface area contributed by atoms with Crippen LogP contribution < -0.4 is 5.56 Å². The molecule has 9 heteroatoms. The number of thioether (sulfide) groups is 1. The van der Waals surface area contributed by atoms with E-state index in [9.17, 15) is 18.8 Å². The molecular weight excluding hydrogens is 469 g/mol. The van der Waals surface area contributed by atoms with Crippen LogP contribution in [-0.4, -0.2) is 51.3 Å². The molecule has 190 valence electrons. The number of hydrogen-bond donors (Lipinski definition) is 0. The summed E-state index contributed by atoms with van der Waals surface area (Å²) in [6.45, 7) is 7.01. The van der Waals surface area contributed by atoms with Gasteiger partial charge in [-0.05, 0) is 50.8 Å². The average molecular weight is 504 g/mol. The number of carbonyl (C=O) groups excluding carboxylic acids is 2. The lowest BCUT2D eigenvalue weighted by molar-refractivity contribution is -0.151. The van der Waals surface area contributed by atoms with Gasteiger partial charge in [-0.3, -0.25) is 19.0 Å². The maximum Gasteiger partial charge on any atom is 0.309 e. The highest BCUT2D eigenvalue weighted by molar-refractivity contribution is 8.00. The SMILES string of the molecule is CCCC(Sc1nc(C)c(Cc2ccc(F)cc2)c(=O)n1C)C(=O)N1CCC(C(=O)OCC)CC1. The minimum atomic E-state index is -0.361. The second-order valence-corrected chi connectivity index (χ2v) is 10.0. The number of ether oxygens (including phenoxy) is 1. The average Bonchev–Trinajstić information content (AvgIpc) is 2.85. The van der Waals surface area contributed by atoms with E-state index in [1.165, 1.54) is 28.5 Å². The number of hydrogen-bond acceptors (Lipinski definition) is 6. The van der Waals surface area contributed by atoms with Crippen LogP contribution in [0.25, 0.3) is 0 Å². The van der Waals surface area contributed by atoms with E-state index in [2.05, 4.69) is 4.98 Å². The van der Waals surface area contributed by atoms with Crippen molar-refractivity contribution in [2.45, 2.75) is 63.3 Å². The van der Waals surface area contributed by atoms with Crippen LogP contribution in [0.1, 0.15) is 56.4 Å². The van der Waals surface area contributed by atoms with Gasteiger partial charge in [0.1, 0.15) is 5.82 Å². The van der Waals surface area contributed by atoms with Crippen molar-refractivity contribution < 1.29 is 18.7 Å². The van der Waals surface area contributed by atoms with Gasteiger partial charge in [0.2, 0.25) is 5.91 Å². The van der Waals surface area contributed by atoms with Gasteiger partial charge in [-0.25, -0.2) is 9.37 Å². The Morgan fingerprint density at radius 1 is 1.20 bits per heavy atom. The Kier molecular flexibility index (Phi) is 9.48. The fourth-order valence-electron chi connectivity index (χ4n) is 4.27. The largest absolute Gasteiger partial charge is 0.466 e. The summed E-state index contributed by atoms with van der Waals surface area (Å²) in [5.41, 5.74) is 1.84. The molecule has 1 saturated heterocycles. The predicted molar refractivity (Wildman–Crippen MR) is 134 cm³/mol. The van der Waals surface area contributed by atoms with E-state index in [0.29, 0.717) is 61.8 Å². The van der Waals surface area contributed by atoms with Gasteiger partial charge < -0.3 is 9.64 Å². The molecule has 1 aliphatic rings. The summed E-state index contributed by atoms with van der Waals surface area (Å²) in [4.78, 5) is 45.0. The molecule has 7 nitrogen and oxygen atoms in total. The number of piperidine rings is 1. The van der Waals surface area contributed by atoms with Crippen molar-refractivity contribution in [3.05, 3.63) is 57.3 Å². The maximum atomic E-state index is 13.4. The Labute approximate surface area is 210 Å².